The first-order valence-corrected chi connectivity index (χ1v) is 12.6. The number of amides is 1. The van der Waals surface area contributed by atoms with Crippen molar-refractivity contribution in [2.45, 2.75) is 57.2 Å². The molecule has 0 bridgehead atoms. The second-order valence-corrected chi connectivity index (χ2v) is 9.11. The predicted molar refractivity (Wildman–Crippen MR) is 138 cm³/mol. The van der Waals surface area contributed by atoms with E-state index >= 15 is 0 Å². The zero-order valence-electron chi connectivity index (χ0n) is 22.4. The van der Waals surface area contributed by atoms with Crippen LogP contribution in [0.25, 0.3) is 17.1 Å². The van der Waals surface area contributed by atoms with Crippen molar-refractivity contribution in [1.82, 2.24) is 14.8 Å². The molecule has 0 spiro atoms. The molecule has 216 valence electrons. The van der Waals surface area contributed by atoms with E-state index in [0.717, 1.165) is 18.6 Å². The standard InChI is InChI=1S/C27H31F3N4O6/c1-5-14-38-22-21(36-3)16(2)39-25(23(22)37-4)40-26(35)32-19-10-6-17(7-11-19)24-31-15-34(33-24)20-12-8-18(9-13-20)27(28,29)30/h6-13,15-16,21-23,25H,5,14H2,1-4H3,(H,32,35)/t16-,21-,22+,23+,25?/m0/s1. The molecule has 2 aromatic carbocycles. The number of benzene rings is 2. The summed E-state index contributed by atoms with van der Waals surface area (Å²) in [5, 5.41) is 6.99. The third kappa shape index (κ3) is 6.78. The van der Waals surface area contributed by atoms with Crippen LogP contribution >= 0.6 is 0 Å². The summed E-state index contributed by atoms with van der Waals surface area (Å²) in [7, 11) is 3.05. The van der Waals surface area contributed by atoms with E-state index < -0.39 is 48.5 Å². The maximum atomic E-state index is 12.8. The Morgan fingerprint density at radius 1 is 1.02 bits per heavy atom. The molecule has 0 aliphatic carbocycles. The minimum Gasteiger partial charge on any atom is -0.416 e. The maximum absolute atomic E-state index is 12.8. The Kier molecular flexibility index (Phi) is 9.40. The molecular formula is C27H31F3N4O6. The fourth-order valence-corrected chi connectivity index (χ4v) is 4.36. The Bertz CT molecular complexity index is 1250. The van der Waals surface area contributed by atoms with E-state index in [1.54, 1.807) is 31.4 Å². The predicted octanol–water partition coefficient (Wildman–Crippen LogP) is 5.07. The number of carbonyl (C=O) groups is 1. The van der Waals surface area contributed by atoms with Crippen LogP contribution in [0.3, 0.4) is 0 Å². The van der Waals surface area contributed by atoms with Gasteiger partial charge < -0.3 is 23.7 Å². The minimum atomic E-state index is -4.42. The number of hydrogen-bond donors (Lipinski definition) is 1. The number of halogens is 3. The van der Waals surface area contributed by atoms with Gasteiger partial charge in [-0.05, 0) is 61.9 Å². The van der Waals surface area contributed by atoms with E-state index in [2.05, 4.69) is 15.4 Å². The number of rotatable bonds is 9. The van der Waals surface area contributed by atoms with E-state index in [0.29, 0.717) is 29.4 Å². The lowest BCUT2D eigenvalue weighted by atomic mass is 9.99. The highest BCUT2D eigenvalue weighted by Gasteiger charge is 2.47. The minimum absolute atomic E-state index is 0.354. The zero-order valence-corrected chi connectivity index (χ0v) is 22.4. The highest BCUT2D eigenvalue weighted by atomic mass is 19.4. The van der Waals surface area contributed by atoms with Gasteiger partial charge in [0.2, 0.25) is 6.29 Å². The van der Waals surface area contributed by atoms with Gasteiger partial charge >= 0.3 is 12.3 Å². The first-order chi connectivity index (χ1) is 19.1. The van der Waals surface area contributed by atoms with Crippen molar-refractivity contribution >= 4 is 11.8 Å². The number of aromatic nitrogens is 3. The Hall–Kier alpha value is -3.52. The van der Waals surface area contributed by atoms with Crippen LogP contribution < -0.4 is 5.32 Å². The Morgan fingerprint density at radius 3 is 2.30 bits per heavy atom. The molecule has 13 heteroatoms. The quantitative estimate of drug-likeness (QED) is 0.384. The molecule has 10 nitrogen and oxygen atoms in total. The first kappa shape index (κ1) is 29.5. The SMILES string of the molecule is CCCO[C@@H]1[C@@H](OC)[C@H](C)OC(OC(=O)Nc2ccc(-c3ncn(-c4ccc(C(F)(F)F)cc4)n3)cc2)[C@@H]1OC. The van der Waals surface area contributed by atoms with Crippen LogP contribution in [0.5, 0.6) is 0 Å². The number of alkyl halides is 3. The summed E-state index contributed by atoms with van der Waals surface area (Å²) >= 11 is 0. The molecule has 0 radical (unpaired) electrons. The number of nitrogens with one attached hydrogen (secondary N) is 1. The summed E-state index contributed by atoms with van der Waals surface area (Å²) in [6, 6.07) is 11.3. The lowest BCUT2D eigenvalue weighted by Gasteiger charge is -2.43. The number of methoxy groups -OCH3 is 2. The third-order valence-corrected chi connectivity index (χ3v) is 6.35. The van der Waals surface area contributed by atoms with Gasteiger partial charge in [-0.3, -0.25) is 5.32 Å². The molecule has 1 unspecified atom stereocenters. The fraction of sp³-hybridized carbons (Fsp3) is 0.444. The first-order valence-electron chi connectivity index (χ1n) is 12.6. The van der Waals surface area contributed by atoms with Crippen molar-refractivity contribution in [2.24, 2.45) is 0 Å². The van der Waals surface area contributed by atoms with Crippen LogP contribution in [-0.4, -0.2) is 72.4 Å². The van der Waals surface area contributed by atoms with Gasteiger partial charge in [-0.15, -0.1) is 5.10 Å². The number of ether oxygens (including phenoxy) is 5. The van der Waals surface area contributed by atoms with Gasteiger partial charge in [0.25, 0.3) is 0 Å². The Labute approximate surface area is 229 Å². The van der Waals surface area contributed by atoms with Crippen LogP contribution in [0.15, 0.2) is 54.9 Å². The number of anilines is 1. The van der Waals surface area contributed by atoms with E-state index in [-0.39, 0.29) is 0 Å². The normalized spacial score (nSPS) is 23.1. The summed E-state index contributed by atoms with van der Waals surface area (Å²) in [5.41, 5.74) is 0.766. The van der Waals surface area contributed by atoms with Crippen LogP contribution in [-0.2, 0) is 29.9 Å². The largest absolute Gasteiger partial charge is 0.416 e. The molecule has 1 aromatic heterocycles. The van der Waals surface area contributed by atoms with E-state index in [9.17, 15) is 18.0 Å². The van der Waals surface area contributed by atoms with Gasteiger partial charge in [-0.2, -0.15) is 13.2 Å². The fourth-order valence-electron chi connectivity index (χ4n) is 4.36. The van der Waals surface area contributed by atoms with Crippen LogP contribution in [0.1, 0.15) is 25.8 Å². The van der Waals surface area contributed by atoms with E-state index in [1.807, 2.05) is 13.8 Å². The molecule has 1 aliphatic rings. The molecule has 1 fully saturated rings. The monoisotopic (exact) mass is 564 g/mol. The molecule has 5 atom stereocenters. The molecule has 1 saturated heterocycles. The average Bonchev–Trinajstić information content (AvgIpc) is 3.42. The van der Waals surface area contributed by atoms with Gasteiger partial charge in [0, 0.05) is 32.1 Å². The summed E-state index contributed by atoms with van der Waals surface area (Å²) in [4.78, 5) is 16.9. The van der Waals surface area contributed by atoms with Gasteiger partial charge in [-0.1, -0.05) is 6.92 Å². The highest BCUT2D eigenvalue weighted by Crippen LogP contribution is 2.30. The topological polar surface area (TPSA) is 106 Å². The van der Waals surface area contributed by atoms with Crippen molar-refractivity contribution in [3.63, 3.8) is 0 Å². The second-order valence-electron chi connectivity index (χ2n) is 9.11. The van der Waals surface area contributed by atoms with E-state index in [4.69, 9.17) is 23.7 Å². The molecule has 0 saturated carbocycles. The molecule has 1 amide bonds. The molecule has 3 aromatic rings. The Balaban J connectivity index is 1.38. The van der Waals surface area contributed by atoms with Gasteiger partial charge in [0.15, 0.2) is 5.82 Å². The molecule has 1 aliphatic heterocycles. The maximum Gasteiger partial charge on any atom is 0.416 e. The van der Waals surface area contributed by atoms with Crippen molar-refractivity contribution < 1.29 is 41.7 Å². The van der Waals surface area contributed by atoms with Crippen molar-refractivity contribution in [3.8, 4) is 17.1 Å². The summed E-state index contributed by atoms with van der Waals surface area (Å²) < 4.78 is 68.3. The van der Waals surface area contributed by atoms with Crippen molar-refractivity contribution in [3.05, 3.63) is 60.4 Å². The number of hydrogen-bond acceptors (Lipinski definition) is 8. The summed E-state index contributed by atoms with van der Waals surface area (Å²) in [6.07, 6.45) is -5.99. The van der Waals surface area contributed by atoms with Gasteiger partial charge in [-0.25, -0.2) is 14.5 Å². The molecule has 2 heterocycles. The molecule has 4 rings (SSSR count). The van der Waals surface area contributed by atoms with Crippen molar-refractivity contribution in [1.29, 1.82) is 0 Å². The highest BCUT2D eigenvalue weighted by molar-refractivity contribution is 5.85. The number of nitrogens with zero attached hydrogens (tertiary/aromatic N) is 3. The average molecular weight is 565 g/mol. The lowest BCUT2D eigenvalue weighted by Crippen LogP contribution is -2.60. The van der Waals surface area contributed by atoms with Crippen molar-refractivity contribution in [2.75, 3.05) is 26.1 Å². The molecule has 1 N–H and O–H groups in total. The smallest absolute Gasteiger partial charge is 0.416 e. The summed E-state index contributed by atoms with van der Waals surface area (Å²) in [5.74, 6) is 0.354. The number of carbonyl (C=O) groups excluding carboxylic acids is 1. The summed E-state index contributed by atoms with van der Waals surface area (Å²) in [6.45, 7) is 4.28. The third-order valence-electron chi connectivity index (χ3n) is 6.35. The molecule has 40 heavy (non-hydrogen) atoms. The lowest BCUT2D eigenvalue weighted by molar-refractivity contribution is -0.292. The molecular weight excluding hydrogens is 533 g/mol. The Morgan fingerprint density at radius 2 is 1.70 bits per heavy atom. The van der Waals surface area contributed by atoms with Crippen LogP contribution in [0, 0.1) is 0 Å². The van der Waals surface area contributed by atoms with Gasteiger partial charge in [0.1, 0.15) is 24.6 Å². The van der Waals surface area contributed by atoms with Crippen LogP contribution in [0.4, 0.5) is 23.7 Å². The second kappa shape index (κ2) is 12.8. The van der Waals surface area contributed by atoms with E-state index in [1.165, 1.54) is 30.3 Å². The zero-order chi connectivity index (χ0) is 28.9. The van der Waals surface area contributed by atoms with Crippen LogP contribution in [0.2, 0.25) is 0 Å². The van der Waals surface area contributed by atoms with Gasteiger partial charge in [0.05, 0.1) is 17.4 Å².